The van der Waals surface area contributed by atoms with Gasteiger partial charge in [-0.15, -0.1) is 0 Å². The van der Waals surface area contributed by atoms with Gasteiger partial charge in [-0.2, -0.15) is 0 Å². The molecule has 0 aromatic heterocycles. The standard InChI is InChI=1S/C33H40O5.C2H6/c1-31(2,25-11-15-27(16-12-25)34-19-29-20-36-29)23-7-9-24(10-8-23)32(3,4)26-13-17-28(18-14-26)35-21-30-22-37-33(5,6)38-30;1-2/h7-18,29-30H,19-22H2,1-6H3;1-2H3. The summed E-state index contributed by atoms with van der Waals surface area (Å²) in [6.07, 6.45) is 0.220. The Morgan fingerprint density at radius 1 is 0.625 bits per heavy atom. The first-order valence-corrected chi connectivity index (χ1v) is 14.5. The van der Waals surface area contributed by atoms with E-state index in [9.17, 15) is 0 Å². The van der Waals surface area contributed by atoms with E-state index in [1.165, 1.54) is 22.3 Å². The van der Waals surface area contributed by atoms with Crippen LogP contribution < -0.4 is 9.47 Å². The highest BCUT2D eigenvalue weighted by Crippen LogP contribution is 2.36. The third kappa shape index (κ3) is 7.25. The van der Waals surface area contributed by atoms with Crippen molar-refractivity contribution in [2.45, 2.75) is 84.2 Å². The molecule has 2 saturated heterocycles. The van der Waals surface area contributed by atoms with Crippen LogP contribution in [-0.4, -0.2) is 44.4 Å². The van der Waals surface area contributed by atoms with Gasteiger partial charge in [0.2, 0.25) is 0 Å². The minimum Gasteiger partial charge on any atom is -0.491 e. The lowest BCUT2D eigenvalue weighted by molar-refractivity contribution is -0.141. The second-order valence-electron chi connectivity index (χ2n) is 11.9. The summed E-state index contributed by atoms with van der Waals surface area (Å²) in [5, 5.41) is 0. The molecule has 3 aromatic rings. The highest BCUT2D eigenvalue weighted by atomic mass is 16.7. The van der Waals surface area contributed by atoms with Gasteiger partial charge >= 0.3 is 0 Å². The van der Waals surface area contributed by atoms with Crippen molar-refractivity contribution in [3.63, 3.8) is 0 Å². The number of rotatable bonds is 10. The van der Waals surface area contributed by atoms with E-state index in [4.69, 9.17) is 23.7 Å². The highest BCUT2D eigenvalue weighted by molar-refractivity contribution is 5.45. The van der Waals surface area contributed by atoms with Crippen molar-refractivity contribution in [1.29, 1.82) is 0 Å². The molecule has 0 amide bonds. The number of ether oxygens (including phenoxy) is 5. The fourth-order valence-corrected chi connectivity index (χ4v) is 4.96. The van der Waals surface area contributed by atoms with Gasteiger partial charge in [0.25, 0.3) is 0 Å². The van der Waals surface area contributed by atoms with Crippen LogP contribution in [0, 0.1) is 0 Å². The predicted molar refractivity (Wildman–Crippen MR) is 161 cm³/mol. The molecular formula is C35H46O5. The predicted octanol–water partition coefficient (Wildman–Crippen LogP) is 7.67. The molecule has 2 heterocycles. The van der Waals surface area contributed by atoms with Crippen LogP contribution in [0.1, 0.15) is 77.6 Å². The average molecular weight is 547 g/mol. The van der Waals surface area contributed by atoms with Crippen LogP contribution in [0.3, 0.4) is 0 Å². The van der Waals surface area contributed by atoms with Gasteiger partial charge in [-0.3, -0.25) is 0 Å². The molecule has 2 aliphatic heterocycles. The summed E-state index contributed by atoms with van der Waals surface area (Å²) in [6.45, 7) is 19.4. The maximum Gasteiger partial charge on any atom is 0.163 e. The minimum absolute atomic E-state index is 0.0439. The van der Waals surface area contributed by atoms with Crippen LogP contribution in [0.25, 0.3) is 0 Å². The Labute approximate surface area is 240 Å². The highest BCUT2D eigenvalue weighted by Gasteiger charge is 2.33. The fraction of sp³-hybridized carbons (Fsp3) is 0.486. The molecule has 2 atom stereocenters. The summed E-state index contributed by atoms with van der Waals surface area (Å²) in [6, 6.07) is 25.9. The number of epoxide rings is 1. The van der Waals surface area contributed by atoms with Crippen molar-refractivity contribution in [2.75, 3.05) is 26.4 Å². The molecule has 40 heavy (non-hydrogen) atoms. The van der Waals surface area contributed by atoms with Crippen LogP contribution in [-0.2, 0) is 25.0 Å². The van der Waals surface area contributed by atoms with Gasteiger partial charge < -0.3 is 23.7 Å². The Hall–Kier alpha value is -2.86. The van der Waals surface area contributed by atoms with E-state index in [0.717, 1.165) is 18.1 Å². The van der Waals surface area contributed by atoms with Crippen LogP contribution in [0.15, 0.2) is 72.8 Å². The van der Waals surface area contributed by atoms with Crippen molar-refractivity contribution in [1.82, 2.24) is 0 Å². The molecule has 0 saturated carbocycles. The van der Waals surface area contributed by atoms with Crippen LogP contribution in [0.2, 0.25) is 0 Å². The van der Waals surface area contributed by atoms with Crippen molar-refractivity contribution in [3.8, 4) is 11.5 Å². The van der Waals surface area contributed by atoms with E-state index in [1.807, 2.05) is 39.8 Å². The van der Waals surface area contributed by atoms with Crippen LogP contribution >= 0.6 is 0 Å². The summed E-state index contributed by atoms with van der Waals surface area (Å²) >= 11 is 0. The third-order valence-electron chi connectivity index (χ3n) is 7.82. The molecule has 5 rings (SSSR count). The van der Waals surface area contributed by atoms with Gasteiger partial charge in [-0.25, -0.2) is 0 Å². The van der Waals surface area contributed by atoms with Gasteiger partial charge in [0.1, 0.15) is 36.9 Å². The van der Waals surface area contributed by atoms with E-state index >= 15 is 0 Å². The molecule has 5 nitrogen and oxygen atoms in total. The van der Waals surface area contributed by atoms with E-state index in [-0.39, 0.29) is 23.0 Å². The number of hydrogen-bond donors (Lipinski definition) is 0. The lowest BCUT2D eigenvalue weighted by Crippen LogP contribution is -2.25. The van der Waals surface area contributed by atoms with E-state index in [0.29, 0.717) is 19.8 Å². The molecule has 3 aromatic carbocycles. The van der Waals surface area contributed by atoms with Gasteiger partial charge in [0, 0.05) is 10.8 Å². The summed E-state index contributed by atoms with van der Waals surface area (Å²) in [5.41, 5.74) is 4.79. The minimum atomic E-state index is -0.530. The molecular weight excluding hydrogens is 500 g/mol. The first-order valence-electron chi connectivity index (χ1n) is 14.5. The molecule has 0 spiro atoms. The molecule has 0 radical (unpaired) electrons. The second-order valence-corrected chi connectivity index (χ2v) is 11.9. The number of benzene rings is 3. The van der Waals surface area contributed by atoms with Gasteiger partial charge in [0.05, 0.1) is 13.2 Å². The summed E-state index contributed by atoms with van der Waals surface area (Å²) in [5.74, 6) is 1.20. The zero-order valence-corrected chi connectivity index (χ0v) is 25.5. The van der Waals surface area contributed by atoms with Crippen molar-refractivity contribution in [2.24, 2.45) is 0 Å². The molecule has 216 valence electrons. The average Bonchev–Trinajstić information content (AvgIpc) is 3.73. The Morgan fingerprint density at radius 2 is 0.975 bits per heavy atom. The number of hydrogen-bond acceptors (Lipinski definition) is 5. The Kier molecular flexibility index (Phi) is 9.29. The smallest absolute Gasteiger partial charge is 0.163 e. The monoisotopic (exact) mass is 546 g/mol. The molecule has 2 aliphatic rings. The Balaban J connectivity index is 0.00000181. The molecule has 0 bridgehead atoms. The van der Waals surface area contributed by atoms with E-state index in [1.54, 1.807) is 0 Å². The molecule has 2 unspecified atom stereocenters. The first-order chi connectivity index (χ1) is 19.0. The van der Waals surface area contributed by atoms with Crippen LogP contribution in [0.5, 0.6) is 11.5 Å². The summed E-state index contributed by atoms with van der Waals surface area (Å²) < 4.78 is 28.5. The first kappa shape index (κ1) is 30.1. The molecule has 5 heteroatoms. The molecule has 2 fully saturated rings. The zero-order valence-electron chi connectivity index (χ0n) is 25.5. The zero-order chi connectivity index (χ0) is 29.0. The quantitative estimate of drug-likeness (QED) is 0.244. The lowest BCUT2D eigenvalue weighted by Gasteiger charge is -2.29. The third-order valence-corrected chi connectivity index (χ3v) is 7.82. The van der Waals surface area contributed by atoms with Crippen molar-refractivity contribution >= 4 is 0 Å². The summed E-state index contributed by atoms with van der Waals surface area (Å²) in [7, 11) is 0. The topological polar surface area (TPSA) is 49.5 Å². The molecule has 0 N–H and O–H groups in total. The maximum atomic E-state index is 5.97. The van der Waals surface area contributed by atoms with E-state index in [2.05, 4.69) is 88.4 Å². The SMILES string of the molecule is CC.CC1(C)OCC(COc2ccc(C(C)(C)c3ccc(C(C)(C)c4ccc(OCC5CO5)cc4)cc3)cc2)O1. The normalized spacial score (nSPS) is 19.9. The Morgan fingerprint density at radius 3 is 1.30 bits per heavy atom. The van der Waals surface area contributed by atoms with Gasteiger partial charge in [-0.1, -0.05) is 90.1 Å². The second kappa shape index (κ2) is 12.3. The fourth-order valence-electron chi connectivity index (χ4n) is 4.96. The maximum absolute atomic E-state index is 5.97. The van der Waals surface area contributed by atoms with Gasteiger partial charge in [-0.05, 0) is 60.4 Å². The van der Waals surface area contributed by atoms with Crippen molar-refractivity contribution < 1.29 is 23.7 Å². The van der Waals surface area contributed by atoms with Crippen molar-refractivity contribution in [3.05, 3.63) is 95.1 Å². The molecule has 0 aliphatic carbocycles. The lowest BCUT2D eigenvalue weighted by atomic mass is 9.74. The van der Waals surface area contributed by atoms with E-state index < -0.39 is 5.79 Å². The van der Waals surface area contributed by atoms with Crippen LogP contribution in [0.4, 0.5) is 0 Å². The summed E-state index contributed by atoms with van der Waals surface area (Å²) in [4.78, 5) is 0. The Bertz CT molecular complexity index is 1210. The largest absolute Gasteiger partial charge is 0.491 e. The van der Waals surface area contributed by atoms with Gasteiger partial charge in [0.15, 0.2) is 5.79 Å².